The molecule has 1 atom stereocenters. The van der Waals surface area contributed by atoms with E-state index in [0.717, 1.165) is 57.7 Å². The standard InChI is InChI=1S/C35H35BrFN3O4S/c36-28-17-15-27(16-18-28)24-39(33(23-26-9-3-1-4-10-26)35(42)38-30-11-7-8-12-30)34(41)25-40(31-21-19-29(37)20-22-31)45(43,44)32-13-5-2-6-14-32/h1-6,9-10,13-22,30,33H,7-8,11-12,23-25H2,(H,38,42)/t33-/m0/s1. The third kappa shape index (κ3) is 8.38. The molecule has 1 saturated carbocycles. The number of amides is 2. The smallest absolute Gasteiger partial charge is 0.264 e. The predicted octanol–water partition coefficient (Wildman–Crippen LogP) is 6.48. The van der Waals surface area contributed by atoms with Gasteiger partial charge < -0.3 is 10.2 Å². The minimum absolute atomic E-state index is 0.0126. The molecular formula is C35H35BrFN3O4S. The number of nitrogens with one attached hydrogen (secondary N) is 1. The average Bonchev–Trinajstić information content (AvgIpc) is 3.57. The Hall–Kier alpha value is -4.02. The van der Waals surface area contributed by atoms with E-state index >= 15 is 0 Å². The van der Waals surface area contributed by atoms with Crippen molar-refractivity contribution in [2.75, 3.05) is 10.8 Å². The summed E-state index contributed by atoms with van der Waals surface area (Å²) in [5.74, 6) is -1.38. The largest absolute Gasteiger partial charge is 0.352 e. The molecule has 4 aromatic rings. The summed E-state index contributed by atoms with van der Waals surface area (Å²) in [6.07, 6.45) is 4.04. The van der Waals surface area contributed by atoms with Gasteiger partial charge in [0.1, 0.15) is 18.4 Å². The summed E-state index contributed by atoms with van der Waals surface area (Å²) < 4.78 is 43.7. The van der Waals surface area contributed by atoms with Gasteiger partial charge in [0.2, 0.25) is 11.8 Å². The second kappa shape index (κ2) is 14.8. The Bertz CT molecular complexity index is 1680. The highest BCUT2D eigenvalue weighted by molar-refractivity contribution is 9.10. The lowest BCUT2D eigenvalue weighted by molar-refractivity contribution is -0.140. The van der Waals surface area contributed by atoms with E-state index in [1.165, 1.54) is 29.2 Å². The highest BCUT2D eigenvalue weighted by Gasteiger charge is 2.35. The van der Waals surface area contributed by atoms with Crippen molar-refractivity contribution < 1.29 is 22.4 Å². The average molecular weight is 693 g/mol. The number of hydrogen-bond acceptors (Lipinski definition) is 4. The van der Waals surface area contributed by atoms with Crippen LogP contribution in [0, 0.1) is 5.82 Å². The molecule has 0 heterocycles. The normalized spacial score (nSPS) is 14.1. The lowest BCUT2D eigenvalue weighted by atomic mass is 10.0. The van der Waals surface area contributed by atoms with Gasteiger partial charge in [-0.3, -0.25) is 13.9 Å². The minimum Gasteiger partial charge on any atom is -0.352 e. The zero-order valence-corrected chi connectivity index (χ0v) is 27.1. The first kappa shape index (κ1) is 32.4. The summed E-state index contributed by atoms with van der Waals surface area (Å²) in [4.78, 5) is 29.9. The molecule has 0 unspecified atom stereocenters. The van der Waals surface area contributed by atoms with E-state index < -0.39 is 34.3 Å². The van der Waals surface area contributed by atoms with Crippen molar-refractivity contribution >= 4 is 43.5 Å². The van der Waals surface area contributed by atoms with Crippen LogP contribution in [0.15, 0.2) is 119 Å². The van der Waals surface area contributed by atoms with E-state index in [4.69, 9.17) is 0 Å². The topological polar surface area (TPSA) is 86.8 Å². The molecule has 10 heteroatoms. The number of hydrogen-bond donors (Lipinski definition) is 1. The van der Waals surface area contributed by atoms with Gasteiger partial charge in [-0.2, -0.15) is 0 Å². The molecule has 2 amide bonds. The van der Waals surface area contributed by atoms with Crippen molar-refractivity contribution in [2.24, 2.45) is 0 Å². The molecule has 5 rings (SSSR count). The lowest BCUT2D eigenvalue weighted by Crippen LogP contribution is -2.54. The number of carbonyl (C=O) groups is 2. The summed E-state index contributed by atoms with van der Waals surface area (Å²) in [6.45, 7) is -0.522. The maximum absolute atomic E-state index is 14.5. The fourth-order valence-corrected chi connectivity index (χ4v) is 7.26. The molecule has 1 aliphatic rings. The summed E-state index contributed by atoms with van der Waals surface area (Å²) >= 11 is 3.45. The molecule has 1 aliphatic carbocycles. The Morgan fingerprint density at radius 1 is 0.822 bits per heavy atom. The first-order valence-corrected chi connectivity index (χ1v) is 17.2. The number of sulfonamides is 1. The van der Waals surface area contributed by atoms with Gasteiger partial charge in [-0.1, -0.05) is 89.4 Å². The van der Waals surface area contributed by atoms with Crippen molar-refractivity contribution in [3.8, 4) is 0 Å². The van der Waals surface area contributed by atoms with E-state index in [0.29, 0.717) is 0 Å². The summed E-state index contributed by atoms with van der Waals surface area (Å²) in [5, 5.41) is 3.16. The number of halogens is 2. The van der Waals surface area contributed by atoms with Gasteiger partial charge in [0.15, 0.2) is 0 Å². The van der Waals surface area contributed by atoms with Gasteiger partial charge in [-0.05, 0) is 72.5 Å². The number of carbonyl (C=O) groups excluding carboxylic acids is 2. The van der Waals surface area contributed by atoms with Gasteiger partial charge >= 0.3 is 0 Å². The zero-order valence-electron chi connectivity index (χ0n) is 24.7. The summed E-state index contributed by atoms with van der Waals surface area (Å²) in [6, 6.07) is 28.7. The molecule has 1 fully saturated rings. The molecular weight excluding hydrogens is 657 g/mol. The summed E-state index contributed by atoms with van der Waals surface area (Å²) in [5.41, 5.74) is 1.77. The highest BCUT2D eigenvalue weighted by atomic mass is 79.9. The monoisotopic (exact) mass is 691 g/mol. The van der Waals surface area contributed by atoms with Crippen LogP contribution in [0.25, 0.3) is 0 Å². The molecule has 1 N–H and O–H groups in total. The van der Waals surface area contributed by atoms with Crippen LogP contribution in [0.5, 0.6) is 0 Å². The van der Waals surface area contributed by atoms with Crippen LogP contribution in [0.2, 0.25) is 0 Å². The molecule has 0 aliphatic heterocycles. The SMILES string of the molecule is O=C(NC1CCCC1)[C@H](Cc1ccccc1)N(Cc1ccc(Br)cc1)C(=O)CN(c1ccc(F)cc1)S(=O)(=O)c1ccccc1. The molecule has 45 heavy (non-hydrogen) atoms. The van der Waals surface area contributed by atoms with Crippen molar-refractivity contribution in [2.45, 2.75) is 55.6 Å². The van der Waals surface area contributed by atoms with Gasteiger partial charge in [0.05, 0.1) is 10.6 Å². The third-order valence-corrected chi connectivity index (χ3v) is 10.3. The Labute approximate surface area is 272 Å². The van der Waals surface area contributed by atoms with Crippen molar-refractivity contribution in [3.63, 3.8) is 0 Å². The summed E-state index contributed by atoms with van der Waals surface area (Å²) in [7, 11) is -4.24. The predicted molar refractivity (Wildman–Crippen MR) is 176 cm³/mol. The molecule has 0 bridgehead atoms. The van der Waals surface area contributed by atoms with Gasteiger partial charge in [0.25, 0.3) is 10.0 Å². The molecule has 0 spiro atoms. The van der Waals surface area contributed by atoms with E-state index in [-0.39, 0.29) is 35.5 Å². The Morgan fingerprint density at radius 3 is 2.04 bits per heavy atom. The minimum atomic E-state index is -4.24. The fourth-order valence-electron chi connectivity index (χ4n) is 5.56. The van der Waals surface area contributed by atoms with Gasteiger partial charge in [-0.25, -0.2) is 12.8 Å². The van der Waals surface area contributed by atoms with Crippen LogP contribution < -0.4 is 9.62 Å². The third-order valence-electron chi connectivity index (χ3n) is 7.96. The van der Waals surface area contributed by atoms with Crippen molar-refractivity contribution in [1.82, 2.24) is 10.2 Å². The van der Waals surface area contributed by atoms with Crippen molar-refractivity contribution in [3.05, 3.63) is 131 Å². The molecule has 7 nitrogen and oxygen atoms in total. The van der Waals surface area contributed by atoms with Crippen LogP contribution in [-0.4, -0.2) is 43.8 Å². The fraction of sp³-hybridized carbons (Fsp3) is 0.257. The van der Waals surface area contributed by atoms with Gasteiger partial charge in [0, 0.05) is 23.5 Å². The number of benzene rings is 4. The Balaban J connectivity index is 1.55. The lowest BCUT2D eigenvalue weighted by Gasteiger charge is -2.34. The molecule has 0 radical (unpaired) electrons. The van der Waals surface area contributed by atoms with Gasteiger partial charge in [-0.15, -0.1) is 0 Å². The van der Waals surface area contributed by atoms with Crippen LogP contribution >= 0.6 is 15.9 Å². The molecule has 234 valence electrons. The zero-order chi connectivity index (χ0) is 31.8. The van der Waals surface area contributed by atoms with Crippen LogP contribution in [0.1, 0.15) is 36.8 Å². The number of nitrogens with zero attached hydrogens (tertiary/aromatic N) is 2. The molecule has 0 aromatic heterocycles. The maximum atomic E-state index is 14.5. The van der Waals surface area contributed by atoms with E-state index in [1.807, 2.05) is 54.6 Å². The van der Waals surface area contributed by atoms with E-state index in [2.05, 4.69) is 21.2 Å². The maximum Gasteiger partial charge on any atom is 0.264 e. The quantitative estimate of drug-likeness (QED) is 0.184. The van der Waals surface area contributed by atoms with Crippen LogP contribution in [0.3, 0.4) is 0 Å². The van der Waals surface area contributed by atoms with Crippen LogP contribution in [-0.2, 0) is 32.6 Å². The Morgan fingerprint density at radius 2 is 1.42 bits per heavy atom. The number of rotatable bonds is 12. The van der Waals surface area contributed by atoms with Crippen molar-refractivity contribution in [1.29, 1.82) is 0 Å². The molecule has 0 saturated heterocycles. The molecule has 4 aromatic carbocycles. The first-order valence-electron chi connectivity index (χ1n) is 14.9. The first-order chi connectivity index (χ1) is 21.7. The number of anilines is 1. The second-order valence-corrected chi connectivity index (χ2v) is 13.9. The van der Waals surface area contributed by atoms with E-state index in [9.17, 15) is 22.4 Å². The highest BCUT2D eigenvalue weighted by Crippen LogP contribution is 2.26. The second-order valence-electron chi connectivity index (χ2n) is 11.1. The van der Waals surface area contributed by atoms with Crippen LogP contribution in [0.4, 0.5) is 10.1 Å². The van der Waals surface area contributed by atoms with E-state index in [1.54, 1.807) is 18.2 Å². The Kier molecular flexibility index (Phi) is 10.7.